The number of rotatable bonds is 12. The fourth-order valence-corrected chi connectivity index (χ4v) is 6.27. The molecule has 11 nitrogen and oxygen atoms in total. The van der Waals surface area contributed by atoms with E-state index < -0.39 is 30.1 Å². The zero-order valence-electron chi connectivity index (χ0n) is 26.3. The largest absolute Gasteiger partial charge is 0.499 e. The summed E-state index contributed by atoms with van der Waals surface area (Å²) in [5, 5.41) is 23.5. The Balaban J connectivity index is 1.18. The van der Waals surface area contributed by atoms with Crippen molar-refractivity contribution in [2.24, 2.45) is 0 Å². The standard InChI is InChI=1S/C37H38N2O9/c40-13-12-38-34(42)26-9-4-6-25(18-26)23-39-35(43)30-19-31(46-36(44)27-10-3-5-24(17-27)11-15-45-16-14-41)33-32(20-30)47-37(48-33)21-28-7-1-2-8-29(28)22-37/h1-11,15,17-18,20,31-33,40-41H,12-14,16,19,21-23H2,(H,38,42)(H,39,43). The molecule has 3 aromatic rings. The molecule has 2 amide bonds. The van der Waals surface area contributed by atoms with Crippen molar-refractivity contribution in [2.75, 3.05) is 26.4 Å². The molecule has 2 aliphatic carbocycles. The number of fused-ring (bicyclic) bond motifs is 2. The molecule has 3 aliphatic rings. The summed E-state index contributed by atoms with van der Waals surface area (Å²) < 4.78 is 24.4. The smallest absolute Gasteiger partial charge is 0.338 e. The predicted molar refractivity (Wildman–Crippen MR) is 174 cm³/mol. The van der Waals surface area contributed by atoms with Gasteiger partial charge in [-0.05, 0) is 58.7 Å². The van der Waals surface area contributed by atoms with Gasteiger partial charge in [0.2, 0.25) is 5.91 Å². The Kier molecular flexibility index (Phi) is 10.3. The summed E-state index contributed by atoms with van der Waals surface area (Å²) in [6, 6.07) is 21.8. The summed E-state index contributed by atoms with van der Waals surface area (Å²) >= 11 is 0. The Morgan fingerprint density at radius 1 is 0.875 bits per heavy atom. The van der Waals surface area contributed by atoms with Crippen molar-refractivity contribution in [3.05, 3.63) is 124 Å². The van der Waals surface area contributed by atoms with Gasteiger partial charge in [0.15, 0.2) is 5.79 Å². The molecule has 11 heteroatoms. The number of amides is 2. The molecule has 0 radical (unpaired) electrons. The minimum absolute atomic E-state index is 0.105. The van der Waals surface area contributed by atoms with E-state index in [9.17, 15) is 14.4 Å². The second-order valence-corrected chi connectivity index (χ2v) is 11.9. The van der Waals surface area contributed by atoms with Gasteiger partial charge >= 0.3 is 5.97 Å². The van der Waals surface area contributed by atoms with Gasteiger partial charge in [-0.15, -0.1) is 0 Å². The molecule has 1 aliphatic heterocycles. The first kappa shape index (κ1) is 33.1. The number of hydrogen-bond acceptors (Lipinski definition) is 9. The first-order valence-corrected chi connectivity index (χ1v) is 16.0. The SMILES string of the molecule is O=C(NCc1cccc(C(=O)NCCO)c1)C1=CC2OC3(Cc4ccccc4C3)OC2C(OC(=O)c2cccc(C=COCCO)c2)C1. The van der Waals surface area contributed by atoms with E-state index >= 15 is 0 Å². The summed E-state index contributed by atoms with van der Waals surface area (Å²) in [5.74, 6) is -2.16. The first-order chi connectivity index (χ1) is 23.4. The maximum atomic E-state index is 13.5. The highest BCUT2D eigenvalue weighted by molar-refractivity contribution is 5.95. The Hall–Kier alpha value is -4.81. The number of aliphatic hydroxyl groups is 2. The highest BCUT2D eigenvalue weighted by Crippen LogP contribution is 2.45. The molecule has 250 valence electrons. The lowest BCUT2D eigenvalue weighted by molar-refractivity contribution is -0.172. The molecule has 6 rings (SSSR count). The topological polar surface area (TPSA) is 153 Å². The van der Waals surface area contributed by atoms with Crippen molar-refractivity contribution in [3.8, 4) is 0 Å². The third-order valence-corrected chi connectivity index (χ3v) is 8.49. The number of carbonyl (C=O) groups excluding carboxylic acids is 3. The number of esters is 1. The molecule has 3 unspecified atom stereocenters. The zero-order valence-corrected chi connectivity index (χ0v) is 26.3. The maximum absolute atomic E-state index is 13.5. The van der Waals surface area contributed by atoms with Crippen LogP contribution >= 0.6 is 0 Å². The zero-order chi connectivity index (χ0) is 33.5. The Labute approximate surface area is 278 Å². The van der Waals surface area contributed by atoms with Crippen LogP contribution in [0.2, 0.25) is 0 Å². The molecule has 0 saturated carbocycles. The molecule has 0 aromatic heterocycles. The molecule has 1 heterocycles. The Bertz CT molecular complexity index is 1690. The fourth-order valence-electron chi connectivity index (χ4n) is 6.27. The van der Waals surface area contributed by atoms with Gasteiger partial charge in [0.25, 0.3) is 5.91 Å². The van der Waals surface area contributed by atoms with Gasteiger partial charge in [0.05, 0.1) is 25.0 Å². The summed E-state index contributed by atoms with van der Waals surface area (Å²) in [7, 11) is 0. The lowest BCUT2D eigenvalue weighted by atomic mass is 9.91. The quantitative estimate of drug-likeness (QED) is 0.131. The van der Waals surface area contributed by atoms with Gasteiger partial charge in [-0.1, -0.05) is 48.5 Å². The third kappa shape index (κ3) is 7.66. The summed E-state index contributed by atoms with van der Waals surface area (Å²) in [4.78, 5) is 39.4. The van der Waals surface area contributed by atoms with Crippen LogP contribution in [-0.4, -0.2) is 78.5 Å². The second kappa shape index (κ2) is 15.0. The normalized spacial score (nSPS) is 20.5. The van der Waals surface area contributed by atoms with E-state index in [-0.39, 0.29) is 51.1 Å². The minimum atomic E-state index is -0.928. The Morgan fingerprint density at radius 2 is 1.65 bits per heavy atom. The average molecular weight is 655 g/mol. The van der Waals surface area contributed by atoms with Crippen molar-refractivity contribution in [1.29, 1.82) is 0 Å². The lowest BCUT2D eigenvalue weighted by Crippen LogP contribution is -2.43. The van der Waals surface area contributed by atoms with E-state index in [0.29, 0.717) is 35.1 Å². The number of ether oxygens (including phenoxy) is 4. The average Bonchev–Trinajstić information content (AvgIpc) is 3.66. The molecule has 4 N–H and O–H groups in total. The van der Waals surface area contributed by atoms with Crippen molar-refractivity contribution >= 4 is 23.9 Å². The van der Waals surface area contributed by atoms with E-state index in [4.69, 9.17) is 29.2 Å². The van der Waals surface area contributed by atoms with Crippen molar-refractivity contribution in [2.45, 2.75) is 49.9 Å². The van der Waals surface area contributed by atoms with Gasteiger partial charge in [-0.25, -0.2) is 4.79 Å². The lowest BCUT2D eigenvalue weighted by Gasteiger charge is -2.30. The van der Waals surface area contributed by atoms with Crippen LogP contribution in [0.4, 0.5) is 0 Å². The van der Waals surface area contributed by atoms with Gasteiger partial charge < -0.3 is 39.8 Å². The molecule has 0 bridgehead atoms. The third-order valence-electron chi connectivity index (χ3n) is 8.49. The predicted octanol–water partition coefficient (Wildman–Crippen LogP) is 2.84. The van der Waals surface area contributed by atoms with Gasteiger partial charge in [-0.3, -0.25) is 9.59 Å². The summed E-state index contributed by atoms with van der Waals surface area (Å²) in [5.41, 5.74) is 4.83. The van der Waals surface area contributed by atoms with Crippen LogP contribution in [0, 0.1) is 0 Å². The molecule has 3 aromatic carbocycles. The van der Waals surface area contributed by atoms with Crippen LogP contribution in [-0.2, 0) is 43.1 Å². The molecule has 1 saturated heterocycles. The first-order valence-electron chi connectivity index (χ1n) is 16.0. The molecule has 1 fully saturated rings. The van der Waals surface area contributed by atoms with E-state index in [2.05, 4.69) is 10.6 Å². The summed E-state index contributed by atoms with van der Waals surface area (Å²) in [6.45, 7) is 0.197. The Morgan fingerprint density at radius 3 is 2.42 bits per heavy atom. The number of hydrogen-bond donors (Lipinski definition) is 4. The molecule has 3 atom stereocenters. The highest BCUT2D eigenvalue weighted by atomic mass is 16.8. The van der Waals surface area contributed by atoms with Crippen LogP contribution < -0.4 is 10.6 Å². The van der Waals surface area contributed by atoms with Crippen molar-refractivity contribution < 1.29 is 43.5 Å². The van der Waals surface area contributed by atoms with Gasteiger partial charge in [-0.2, -0.15) is 0 Å². The van der Waals surface area contributed by atoms with E-state index in [0.717, 1.165) is 16.7 Å². The number of aliphatic hydroxyl groups excluding tert-OH is 2. The van der Waals surface area contributed by atoms with Crippen molar-refractivity contribution in [1.82, 2.24) is 10.6 Å². The van der Waals surface area contributed by atoms with Gasteiger partial charge in [0.1, 0.15) is 24.9 Å². The van der Waals surface area contributed by atoms with Gasteiger partial charge in [0, 0.05) is 43.5 Å². The van der Waals surface area contributed by atoms with Crippen LogP contribution in [0.25, 0.3) is 6.08 Å². The minimum Gasteiger partial charge on any atom is -0.499 e. The second-order valence-electron chi connectivity index (χ2n) is 11.9. The van der Waals surface area contributed by atoms with Crippen LogP contribution in [0.3, 0.4) is 0 Å². The molecular weight excluding hydrogens is 616 g/mol. The highest BCUT2D eigenvalue weighted by Gasteiger charge is 2.55. The van der Waals surface area contributed by atoms with E-state index in [1.54, 1.807) is 54.6 Å². The number of carbonyl (C=O) groups is 3. The number of nitrogens with one attached hydrogen (secondary N) is 2. The van der Waals surface area contributed by atoms with Crippen LogP contribution in [0.1, 0.15) is 49.4 Å². The van der Waals surface area contributed by atoms with Crippen LogP contribution in [0.15, 0.2) is 90.7 Å². The van der Waals surface area contributed by atoms with E-state index in [1.165, 1.54) is 6.26 Å². The van der Waals surface area contributed by atoms with Crippen LogP contribution in [0.5, 0.6) is 0 Å². The monoisotopic (exact) mass is 654 g/mol. The fraction of sp³-hybridized carbons (Fsp3) is 0.324. The molecule has 1 spiro atoms. The van der Waals surface area contributed by atoms with E-state index in [1.807, 2.05) is 30.3 Å². The molecular formula is C37H38N2O9. The number of benzene rings is 3. The maximum Gasteiger partial charge on any atom is 0.338 e. The molecule has 48 heavy (non-hydrogen) atoms. The van der Waals surface area contributed by atoms with Crippen molar-refractivity contribution in [3.63, 3.8) is 0 Å². The summed E-state index contributed by atoms with van der Waals surface area (Å²) in [6.07, 6.45) is 4.05.